The van der Waals surface area contributed by atoms with Gasteiger partial charge in [0.2, 0.25) is 5.91 Å². The minimum atomic E-state index is -0.523. The predicted molar refractivity (Wildman–Crippen MR) is 78.2 cm³/mol. The van der Waals surface area contributed by atoms with Gasteiger partial charge in [-0.1, -0.05) is 0 Å². The number of primary amides is 1. The summed E-state index contributed by atoms with van der Waals surface area (Å²) in [5.74, 6) is -0.875. The summed E-state index contributed by atoms with van der Waals surface area (Å²) in [6.07, 6.45) is 0. The zero-order chi connectivity index (χ0) is 14.7. The van der Waals surface area contributed by atoms with E-state index in [-0.39, 0.29) is 5.91 Å². The molecule has 0 heterocycles. The van der Waals surface area contributed by atoms with Crippen LogP contribution in [0.1, 0.15) is 20.7 Å². The predicted octanol–water partition coefficient (Wildman–Crippen LogP) is 1.20. The molecule has 0 unspecified atom stereocenters. The van der Waals surface area contributed by atoms with Gasteiger partial charge in [0.15, 0.2) is 0 Å². The average molecular weight is 270 g/mol. The third-order valence-corrected chi connectivity index (χ3v) is 2.75. The number of anilines is 3. The van der Waals surface area contributed by atoms with Crippen molar-refractivity contribution in [3.8, 4) is 0 Å². The van der Waals surface area contributed by atoms with Crippen LogP contribution in [0.25, 0.3) is 0 Å². The summed E-state index contributed by atoms with van der Waals surface area (Å²) in [5.41, 5.74) is 18.5. The Kier molecular flexibility index (Phi) is 3.56. The van der Waals surface area contributed by atoms with Crippen molar-refractivity contribution in [3.05, 3.63) is 53.6 Å². The molecule has 2 aromatic rings. The molecule has 0 aromatic heterocycles. The van der Waals surface area contributed by atoms with Crippen LogP contribution in [0.4, 0.5) is 17.1 Å². The molecule has 20 heavy (non-hydrogen) atoms. The number of hydrogen-bond donors (Lipinski definition) is 4. The highest BCUT2D eigenvalue weighted by atomic mass is 16.2. The molecule has 102 valence electrons. The first-order valence-corrected chi connectivity index (χ1v) is 5.83. The highest BCUT2D eigenvalue weighted by Crippen LogP contribution is 2.18. The molecule has 7 N–H and O–H groups in total. The normalized spacial score (nSPS) is 10.0. The largest absolute Gasteiger partial charge is 0.399 e. The lowest BCUT2D eigenvalue weighted by Gasteiger charge is -2.08. The molecular weight excluding hydrogens is 256 g/mol. The lowest BCUT2D eigenvalue weighted by molar-refractivity contribution is 0.0998. The number of carbonyl (C=O) groups excluding carboxylic acids is 2. The van der Waals surface area contributed by atoms with E-state index in [2.05, 4.69) is 5.32 Å². The van der Waals surface area contributed by atoms with Gasteiger partial charge >= 0.3 is 0 Å². The van der Waals surface area contributed by atoms with Crippen molar-refractivity contribution in [1.29, 1.82) is 0 Å². The summed E-state index contributed by atoms with van der Waals surface area (Å²) >= 11 is 0. The van der Waals surface area contributed by atoms with E-state index in [1.54, 1.807) is 24.3 Å². The summed E-state index contributed by atoms with van der Waals surface area (Å²) < 4.78 is 0. The van der Waals surface area contributed by atoms with E-state index < -0.39 is 5.91 Å². The van der Waals surface area contributed by atoms with Gasteiger partial charge < -0.3 is 22.5 Å². The van der Waals surface area contributed by atoms with Crippen molar-refractivity contribution in [3.63, 3.8) is 0 Å². The van der Waals surface area contributed by atoms with Crippen LogP contribution in [-0.2, 0) is 0 Å². The van der Waals surface area contributed by atoms with Crippen LogP contribution in [0, 0.1) is 0 Å². The van der Waals surface area contributed by atoms with Gasteiger partial charge in [-0.15, -0.1) is 0 Å². The Morgan fingerprint density at radius 1 is 0.950 bits per heavy atom. The lowest BCUT2D eigenvalue weighted by atomic mass is 10.1. The molecule has 0 saturated carbocycles. The SMILES string of the molecule is NC(=O)c1ccc(NC(=O)c2ccc(N)cc2N)cc1. The van der Waals surface area contributed by atoms with E-state index in [1.165, 1.54) is 18.2 Å². The Morgan fingerprint density at radius 3 is 2.15 bits per heavy atom. The van der Waals surface area contributed by atoms with Gasteiger partial charge in [0, 0.05) is 22.6 Å². The summed E-state index contributed by atoms with van der Waals surface area (Å²) in [6.45, 7) is 0. The molecule has 0 spiro atoms. The number of nitrogen functional groups attached to an aromatic ring is 2. The zero-order valence-electron chi connectivity index (χ0n) is 10.6. The van der Waals surface area contributed by atoms with Crippen molar-refractivity contribution in [2.24, 2.45) is 5.73 Å². The van der Waals surface area contributed by atoms with Crippen LogP contribution in [0.3, 0.4) is 0 Å². The van der Waals surface area contributed by atoms with E-state index in [4.69, 9.17) is 17.2 Å². The van der Waals surface area contributed by atoms with Crippen molar-refractivity contribution in [2.75, 3.05) is 16.8 Å². The van der Waals surface area contributed by atoms with Gasteiger partial charge in [-0.25, -0.2) is 0 Å². The number of hydrogen-bond acceptors (Lipinski definition) is 4. The number of carbonyl (C=O) groups is 2. The maximum atomic E-state index is 12.0. The maximum absolute atomic E-state index is 12.0. The van der Waals surface area contributed by atoms with Gasteiger partial charge in [0.1, 0.15) is 0 Å². The van der Waals surface area contributed by atoms with Crippen molar-refractivity contribution in [2.45, 2.75) is 0 Å². The molecule has 0 aliphatic rings. The second-order valence-electron chi connectivity index (χ2n) is 4.24. The summed E-state index contributed by atoms with van der Waals surface area (Å²) in [4.78, 5) is 23.0. The zero-order valence-corrected chi connectivity index (χ0v) is 10.6. The molecular formula is C14H14N4O2. The summed E-state index contributed by atoms with van der Waals surface area (Å²) in [6, 6.07) is 10.9. The van der Waals surface area contributed by atoms with Crippen LogP contribution in [0.15, 0.2) is 42.5 Å². The number of amides is 2. The molecule has 0 saturated heterocycles. The molecule has 0 radical (unpaired) electrons. The van der Waals surface area contributed by atoms with Crippen molar-refractivity contribution < 1.29 is 9.59 Å². The second-order valence-corrected chi connectivity index (χ2v) is 4.24. The van der Waals surface area contributed by atoms with Crippen LogP contribution >= 0.6 is 0 Å². The summed E-state index contributed by atoms with van der Waals surface area (Å²) in [5, 5.41) is 2.67. The highest BCUT2D eigenvalue weighted by molar-refractivity contribution is 6.08. The molecule has 0 fully saturated rings. The molecule has 6 nitrogen and oxygen atoms in total. The standard InChI is InChI=1S/C14H14N4O2/c15-9-3-6-11(12(16)7-9)14(20)18-10-4-1-8(2-5-10)13(17)19/h1-7H,15-16H2,(H2,17,19)(H,18,20). The topological polar surface area (TPSA) is 124 Å². The third-order valence-electron chi connectivity index (χ3n) is 2.75. The minimum absolute atomic E-state index is 0.302. The molecule has 0 bridgehead atoms. The fourth-order valence-corrected chi connectivity index (χ4v) is 1.70. The minimum Gasteiger partial charge on any atom is -0.399 e. The molecule has 6 heteroatoms. The van der Waals surface area contributed by atoms with Gasteiger partial charge in [-0.05, 0) is 42.5 Å². The Bertz CT molecular complexity index is 665. The molecule has 0 aliphatic heterocycles. The number of rotatable bonds is 3. The lowest BCUT2D eigenvalue weighted by Crippen LogP contribution is -2.15. The quantitative estimate of drug-likeness (QED) is 0.625. The highest BCUT2D eigenvalue weighted by Gasteiger charge is 2.10. The van der Waals surface area contributed by atoms with Crippen LogP contribution < -0.4 is 22.5 Å². The first-order valence-electron chi connectivity index (χ1n) is 5.83. The fourth-order valence-electron chi connectivity index (χ4n) is 1.70. The maximum Gasteiger partial charge on any atom is 0.257 e. The van der Waals surface area contributed by atoms with Crippen molar-refractivity contribution in [1.82, 2.24) is 0 Å². The number of benzene rings is 2. The average Bonchev–Trinajstić information content (AvgIpc) is 2.39. The van der Waals surface area contributed by atoms with E-state index >= 15 is 0 Å². The monoisotopic (exact) mass is 270 g/mol. The Morgan fingerprint density at radius 2 is 1.60 bits per heavy atom. The first-order chi connectivity index (χ1) is 9.47. The third kappa shape index (κ3) is 2.86. The number of nitrogens with one attached hydrogen (secondary N) is 1. The molecule has 2 aromatic carbocycles. The fraction of sp³-hybridized carbons (Fsp3) is 0. The van der Waals surface area contributed by atoms with E-state index in [9.17, 15) is 9.59 Å². The van der Waals surface area contributed by atoms with Gasteiger partial charge in [0.05, 0.1) is 5.56 Å². The van der Waals surface area contributed by atoms with Crippen molar-refractivity contribution >= 4 is 28.9 Å². The molecule has 2 amide bonds. The molecule has 2 rings (SSSR count). The van der Waals surface area contributed by atoms with Crippen LogP contribution in [0.5, 0.6) is 0 Å². The Balaban J connectivity index is 2.17. The smallest absolute Gasteiger partial charge is 0.257 e. The van der Waals surface area contributed by atoms with Gasteiger partial charge in [-0.3, -0.25) is 9.59 Å². The van der Waals surface area contributed by atoms with Crippen LogP contribution in [-0.4, -0.2) is 11.8 Å². The first kappa shape index (κ1) is 13.4. The second kappa shape index (κ2) is 5.31. The molecule has 0 aliphatic carbocycles. The van der Waals surface area contributed by atoms with Crippen LogP contribution in [0.2, 0.25) is 0 Å². The van der Waals surface area contributed by atoms with E-state index in [0.717, 1.165) is 0 Å². The molecule has 0 atom stereocenters. The van der Waals surface area contributed by atoms with E-state index in [0.29, 0.717) is 28.2 Å². The van der Waals surface area contributed by atoms with E-state index in [1.807, 2.05) is 0 Å². The Labute approximate surface area is 115 Å². The Hall–Kier alpha value is -3.02. The summed E-state index contributed by atoms with van der Waals surface area (Å²) in [7, 11) is 0. The van der Waals surface area contributed by atoms with Gasteiger partial charge in [0.25, 0.3) is 5.91 Å². The number of nitrogens with two attached hydrogens (primary N) is 3. The van der Waals surface area contributed by atoms with Gasteiger partial charge in [-0.2, -0.15) is 0 Å².